The van der Waals surface area contributed by atoms with Crippen LogP contribution in [-0.2, 0) is 10.3 Å². The molecule has 4 nitrogen and oxygen atoms in total. The number of hydrogen-bond donors (Lipinski definition) is 1. The first-order valence-electron chi connectivity index (χ1n) is 5.92. The van der Waals surface area contributed by atoms with Crippen LogP contribution in [0.1, 0.15) is 31.2 Å². The summed E-state index contributed by atoms with van der Waals surface area (Å²) in [5.74, 6) is 0.676. The van der Waals surface area contributed by atoms with Crippen LogP contribution < -0.4 is 4.74 Å². The van der Waals surface area contributed by atoms with Crippen LogP contribution in [0, 0.1) is 0 Å². The van der Waals surface area contributed by atoms with E-state index in [4.69, 9.17) is 9.47 Å². The summed E-state index contributed by atoms with van der Waals surface area (Å²) in [4.78, 5) is 4.10. The van der Waals surface area contributed by atoms with Gasteiger partial charge in [0.2, 0.25) is 0 Å². The molecule has 0 radical (unpaired) electrons. The highest BCUT2D eigenvalue weighted by molar-refractivity contribution is 5.28. The molecule has 1 fully saturated rings. The van der Waals surface area contributed by atoms with Crippen molar-refractivity contribution in [1.82, 2.24) is 4.98 Å². The molecule has 1 N–H and O–H groups in total. The van der Waals surface area contributed by atoms with Crippen molar-refractivity contribution in [2.24, 2.45) is 0 Å². The minimum Gasteiger partial charge on any atom is -0.495 e. The molecule has 1 saturated carbocycles. The second kappa shape index (κ2) is 5.02. The van der Waals surface area contributed by atoms with Gasteiger partial charge in [0.25, 0.3) is 0 Å². The highest BCUT2D eigenvalue weighted by atomic mass is 16.5. The fourth-order valence-electron chi connectivity index (χ4n) is 2.45. The number of hydrogen-bond acceptors (Lipinski definition) is 4. The van der Waals surface area contributed by atoms with Gasteiger partial charge in [-0.05, 0) is 25.3 Å². The van der Waals surface area contributed by atoms with Crippen molar-refractivity contribution in [3.63, 3.8) is 0 Å². The van der Waals surface area contributed by atoms with Gasteiger partial charge in [-0.15, -0.1) is 0 Å². The first-order chi connectivity index (χ1) is 8.18. The van der Waals surface area contributed by atoms with Crippen molar-refractivity contribution >= 4 is 0 Å². The van der Waals surface area contributed by atoms with E-state index in [1.54, 1.807) is 26.6 Å². The van der Waals surface area contributed by atoms with E-state index in [-0.39, 0.29) is 6.10 Å². The Bertz CT molecular complexity index is 383. The van der Waals surface area contributed by atoms with Crippen LogP contribution in [0.2, 0.25) is 0 Å². The van der Waals surface area contributed by atoms with Crippen molar-refractivity contribution in [3.05, 3.63) is 24.0 Å². The summed E-state index contributed by atoms with van der Waals surface area (Å²) in [5.41, 5.74) is -0.0147. The van der Waals surface area contributed by atoms with Crippen LogP contribution in [0.4, 0.5) is 0 Å². The lowest BCUT2D eigenvalue weighted by Gasteiger charge is -2.36. The van der Waals surface area contributed by atoms with Crippen molar-refractivity contribution in [1.29, 1.82) is 0 Å². The second-order valence-corrected chi connectivity index (χ2v) is 4.60. The van der Waals surface area contributed by atoms with Gasteiger partial charge in [0, 0.05) is 25.3 Å². The third-order valence-electron chi connectivity index (χ3n) is 3.50. The van der Waals surface area contributed by atoms with Gasteiger partial charge in [-0.1, -0.05) is 0 Å². The van der Waals surface area contributed by atoms with Crippen LogP contribution in [-0.4, -0.2) is 30.4 Å². The van der Waals surface area contributed by atoms with Gasteiger partial charge in [0.1, 0.15) is 5.75 Å². The summed E-state index contributed by atoms with van der Waals surface area (Å²) in [6, 6.07) is 1.85. The number of ether oxygens (including phenoxy) is 2. The van der Waals surface area contributed by atoms with Gasteiger partial charge in [-0.25, -0.2) is 0 Å². The van der Waals surface area contributed by atoms with E-state index in [2.05, 4.69) is 4.98 Å². The largest absolute Gasteiger partial charge is 0.495 e. The Hall–Kier alpha value is -1.13. The molecule has 94 valence electrons. The smallest absolute Gasteiger partial charge is 0.137 e. The molecule has 0 saturated heterocycles. The summed E-state index contributed by atoms with van der Waals surface area (Å²) in [5, 5.41) is 10.7. The minimum atomic E-state index is -0.833. The van der Waals surface area contributed by atoms with Crippen LogP contribution in [0.15, 0.2) is 18.5 Å². The molecule has 1 heterocycles. The molecule has 2 rings (SSSR count). The summed E-state index contributed by atoms with van der Waals surface area (Å²) in [6.45, 7) is 0. The van der Waals surface area contributed by atoms with Crippen LogP contribution >= 0.6 is 0 Å². The predicted octanol–water partition coefficient (Wildman–Crippen LogP) is 1.87. The highest BCUT2D eigenvalue weighted by Crippen LogP contribution is 2.38. The molecule has 0 amide bonds. The monoisotopic (exact) mass is 237 g/mol. The lowest BCUT2D eigenvalue weighted by Crippen LogP contribution is -2.36. The van der Waals surface area contributed by atoms with Crippen molar-refractivity contribution < 1.29 is 14.6 Å². The highest BCUT2D eigenvalue weighted by Gasteiger charge is 2.36. The summed E-state index contributed by atoms with van der Waals surface area (Å²) in [6.07, 6.45) is 6.83. The molecule has 1 aliphatic rings. The van der Waals surface area contributed by atoms with Gasteiger partial charge < -0.3 is 14.6 Å². The number of rotatable bonds is 3. The Balaban J connectivity index is 2.23. The van der Waals surface area contributed by atoms with E-state index >= 15 is 0 Å². The van der Waals surface area contributed by atoms with Crippen molar-refractivity contribution in [2.75, 3.05) is 14.2 Å². The van der Waals surface area contributed by atoms with Gasteiger partial charge in [0.05, 0.1) is 25.0 Å². The molecule has 2 atom stereocenters. The Labute approximate surface area is 102 Å². The molecular weight excluding hydrogens is 218 g/mol. The minimum absolute atomic E-state index is 0.125. The summed E-state index contributed by atoms with van der Waals surface area (Å²) in [7, 11) is 3.30. The van der Waals surface area contributed by atoms with Gasteiger partial charge in [-0.3, -0.25) is 4.98 Å². The summed E-state index contributed by atoms with van der Waals surface area (Å²) >= 11 is 0. The topological polar surface area (TPSA) is 51.6 Å². The van der Waals surface area contributed by atoms with E-state index in [9.17, 15) is 5.11 Å². The second-order valence-electron chi connectivity index (χ2n) is 4.60. The molecule has 0 spiro atoms. The molecule has 1 aromatic heterocycles. The van der Waals surface area contributed by atoms with E-state index in [0.29, 0.717) is 12.2 Å². The molecule has 0 aromatic carbocycles. The first kappa shape index (κ1) is 12.3. The molecule has 17 heavy (non-hydrogen) atoms. The Morgan fingerprint density at radius 3 is 2.94 bits per heavy atom. The third-order valence-corrected chi connectivity index (χ3v) is 3.50. The van der Waals surface area contributed by atoms with Crippen molar-refractivity contribution in [2.45, 2.75) is 37.4 Å². The van der Waals surface area contributed by atoms with E-state index in [0.717, 1.165) is 24.8 Å². The maximum Gasteiger partial charge on any atom is 0.137 e. The van der Waals surface area contributed by atoms with Gasteiger partial charge >= 0.3 is 0 Å². The maximum absolute atomic E-state index is 10.7. The van der Waals surface area contributed by atoms with E-state index in [1.165, 1.54) is 0 Å². The van der Waals surface area contributed by atoms with Crippen LogP contribution in [0.25, 0.3) is 0 Å². The molecule has 2 unspecified atom stereocenters. The van der Waals surface area contributed by atoms with Gasteiger partial charge in [-0.2, -0.15) is 0 Å². The van der Waals surface area contributed by atoms with Crippen LogP contribution in [0.3, 0.4) is 0 Å². The maximum atomic E-state index is 10.7. The lowest BCUT2D eigenvalue weighted by molar-refractivity contribution is -0.0634. The molecule has 1 aromatic rings. The Kier molecular flexibility index (Phi) is 3.64. The predicted molar refractivity (Wildman–Crippen MR) is 64.0 cm³/mol. The molecule has 4 heteroatoms. The quantitative estimate of drug-likeness (QED) is 0.872. The zero-order valence-electron chi connectivity index (χ0n) is 10.3. The Morgan fingerprint density at radius 2 is 2.24 bits per heavy atom. The average Bonchev–Trinajstić information content (AvgIpc) is 2.39. The molecule has 0 aliphatic heterocycles. The number of methoxy groups -OCH3 is 2. The average molecular weight is 237 g/mol. The van der Waals surface area contributed by atoms with Crippen LogP contribution in [0.5, 0.6) is 5.75 Å². The zero-order chi connectivity index (χ0) is 12.3. The normalized spacial score (nSPS) is 29.0. The number of pyridine rings is 1. The standard InChI is InChI=1S/C13H19NO3/c1-16-11-4-3-5-13(15,7-11)10-6-12(17-2)9-14-8-10/h6,8-9,11,15H,3-5,7H2,1-2H3. The molecular formula is C13H19NO3. The molecule has 0 bridgehead atoms. The summed E-state index contributed by atoms with van der Waals surface area (Å²) < 4.78 is 10.5. The first-order valence-corrected chi connectivity index (χ1v) is 5.92. The fourth-order valence-corrected chi connectivity index (χ4v) is 2.45. The Morgan fingerprint density at radius 1 is 1.41 bits per heavy atom. The van der Waals surface area contributed by atoms with E-state index < -0.39 is 5.60 Å². The zero-order valence-corrected chi connectivity index (χ0v) is 10.3. The van der Waals surface area contributed by atoms with Gasteiger partial charge in [0.15, 0.2) is 0 Å². The SMILES string of the molecule is COc1cncc(C2(O)CCCC(OC)C2)c1. The number of nitrogens with zero attached hydrogens (tertiary/aromatic N) is 1. The molecule has 1 aliphatic carbocycles. The fraction of sp³-hybridized carbons (Fsp3) is 0.615. The lowest BCUT2D eigenvalue weighted by atomic mass is 9.79. The number of aliphatic hydroxyl groups is 1. The van der Waals surface area contributed by atoms with Crippen molar-refractivity contribution in [3.8, 4) is 5.75 Å². The number of aromatic nitrogens is 1. The third kappa shape index (κ3) is 2.58. The van der Waals surface area contributed by atoms with E-state index in [1.807, 2.05) is 6.07 Å².